The minimum Gasteiger partial charge on any atom is -0.450 e. The second kappa shape index (κ2) is 20.2. The molecule has 0 saturated heterocycles. The van der Waals surface area contributed by atoms with Crippen LogP contribution in [0.2, 0.25) is 0 Å². The molecular weight excluding hydrogens is 636 g/mol. The van der Waals surface area contributed by atoms with E-state index in [4.69, 9.17) is 21.3 Å². The first-order valence-corrected chi connectivity index (χ1v) is 16.9. The Hall–Kier alpha value is -5.36. The zero-order valence-corrected chi connectivity index (χ0v) is 28.9. The Labute approximate surface area is 293 Å². The lowest BCUT2D eigenvalue weighted by molar-refractivity contribution is -0.129. The largest absolute Gasteiger partial charge is 0.450 e. The van der Waals surface area contributed by atoms with Crippen molar-refractivity contribution in [3.63, 3.8) is 0 Å². The fourth-order valence-electron chi connectivity index (χ4n) is 5.47. The molecule has 0 aromatic heterocycles. The van der Waals surface area contributed by atoms with Gasteiger partial charge < -0.3 is 20.5 Å². The molecule has 1 aliphatic rings. The van der Waals surface area contributed by atoms with E-state index in [0.717, 1.165) is 30.4 Å². The molecule has 0 heterocycles. The number of benzene rings is 3. The molecule has 1 saturated carbocycles. The molecule has 3 aromatic rings. The Bertz CT molecular complexity index is 1590. The van der Waals surface area contributed by atoms with E-state index in [9.17, 15) is 19.2 Å². The fraction of sp³-hybridized carbons (Fsp3) is 0.368. The molecule has 0 radical (unpaired) electrons. The van der Waals surface area contributed by atoms with E-state index in [-0.39, 0.29) is 42.5 Å². The minimum atomic E-state index is -0.661. The predicted molar refractivity (Wildman–Crippen MR) is 192 cm³/mol. The fourth-order valence-corrected chi connectivity index (χ4v) is 5.47. The lowest BCUT2D eigenvalue weighted by Gasteiger charge is -2.17. The quantitative estimate of drug-likeness (QED) is 0.106. The number of rotatable bonds is 12. The van der Waals surface area contributed by atoms with Crippen molar-refractivity contribution in [3.05, 3.63) is 107 Å². The average molecular weight is 685 g/mol. The van der Waals surface area contributed by atoms with Gasteiger partial charge in [0.1, 0.15) is 11.7 Å². The van der Waals surface area contributed by atoms with Crippen molar-refractivity contribution >= 4 is 35.5 Å². The Morgan fingerprint density at radius 1 is 0.780 bits per heavy atom. The van der Waals surface area contributed by atoms with Crippen molar-refractivity contribution in [2.24, 2.45) is 11.7 Å². The van der Waals surface area contributed by atoms with E-state index in [1.165, 1.54) is 5.56 Å². The van der Waals surface area contributed by atoms with Crippen LogP contribution < -0.4 is 21.7 Å². The monoisotopic (exact) mass is 684 g/mol. The number of carbonyl (C=O) groups is 4. The van der Waals surface area contributed by atoms with Crippen molar-refractivity contribution in [2.75, 3.05) is 13.2 Å². The number of hydrogen-bond acceptors (Lipinski definition) is 9. The van der Waals surface area contributed by atoms with Crippen LogP contribution in [0.25, 0.3) is 0 Å². The van der Waals surface area contributed by atoms with Crippen molar-refractivity contribution in [1.29, 1.82) is 10.8 Å². The SMILES string of the molecule is CCOC(=O)NC(=N)c1ccc(CCC(=O)[C@H](C)NC(=O)[C@@H]2CC[C@@H](c3ccccc3)C2)cc1.CCOC(=O)NC(=N)c1ccc(CN)cc1. The van der Waals surface area contributed by atoms with E-state index >= 15 is 0 Å². The van der Waals surface area contributed by atoms with Gasteiger partial charge in [-0.2, -0.15) is 0 Å². The number of amides is 3. The molecule has 0 bridgehead atoms. The van der Waals surface area contributed by atoms with Crippen molar-refractivity contribution in [1.82, 2.24) is 16.0 Å². The Kier molecular flexibility index (Phi) is 15.8. The van der Waals surface area contributed by atoms with Crippen LogP contribution in [0.1, 0.15) is 80.2 Å². The Balaban J connectivity index is 0.000000354. The van der Waals surface area contributed by atoms with Gasteiger partial charge in [-0.3, -0.25) is 31.0 Å². The van der Waals surface area contributed by atoms with Gasteiger partial charge in [0.15, 0.2) is 5.78 Å². The molecule has 0 aliphatic heterocycles. The van der Waals surface area contributed by atoms with Gasteiger partial charge in [-0.05, 0) is 69.1 Å². The Morgan fingerprint density at radius 2 is 1.30 bits per heavy atom. The van der Waals surface area contributed by atoms with Gasteiger partial charge in [0, 0.05) is 30.0 Å². The van der Waals surface area contributed by atoms with Gasteiger partial charge in [0.25, 0.3) is 0 Å². The first-order chi connectivity index (χ1) is 24.0. The van der Waals surface area contributed by atoms with E-state index in [1.807, 2.05) is 42.5 Å². The maximum Gasteiger partial charge on any atom is 0.412 e. The van der Waals surface area contributed by atoms with Gasteiger partial charge in [0.05, 0.1) is 19.3 Å². The summed E-state index contributed by atoms with van der Waals surface area (Å²) in [4.78, 5) is 47.8. The lowest BCUT2D eigenvalue weighted by atomic mass is 9.96. The number of ketones is 1. The molecule has 3 amide bonds. The zero-order valence-electron chi connectivity index (χ0n) is 28.9. The summed E-state index contributed by atoms with van der Waals surface area (Å²) in [5.41, 5.74) is 9.82. The number of nitrogens with one attached hydrogen (secondary N) is 5. The summed E-state index contributed by atoms with van der Waals surface area (Å²) in [6.07, 6.45) is 2.24. The molecule has 12 heteroatoms. The Morgan fingerprint density at radius 3 is 1.80 bits per heavy atom. The number of alkyl carbamates (subject to hydrolysis) is 2. The molecule has 3 atom stereocenters. The third-order valence-electron chi connectivity index (χ3n) is 8.30. The predicted octanol–water partition coefficient (Wildman–Crippen LogP) is 5.57. The number of carbonyl (C=O) groups excluding carboxylic acids is 4. The summed E-state index contributed by atoms with van der Waals surface area (Å²) < 4.78 is 9.44. The van der Waals surface area contributed by atoms with E-state index in [0.29, 0.717) is 36.4 Å². The molecule has 266 valence electrons. The molecule has 3 aromatic carbocycles. The molecule has 12 nitrogen and oxygen atoms in total. The maximum absolute atomic E-state index is 12.7. The van der Waals surface area contributed by atoms with Gasteiger partial charge in [-0.1, -0.05) is 78.9 Å². The van der Waals surface area contributed by atoms with Crippen LogP contribution in [0.4, 0.5) is 9.59 Å². The first kappa shape index (κ1) is 39.1. The third-order valence-corrected chi connectivity index (χ3v) is 8.30. The lowest BCUT2D eigenvalue weighted by Crippen LogP contribution is -2.41. The number of ether oxygens (including phenoxy) is 2. The summed E-state index contributed by atoms with van der Waals surface area (Å²) in [5, 5.41) is 23.2. The highest BCUT2D eigenvalue weighted by Gasteiger charge is 2.31. The normalized spacial score (nSPS) is 15.4. The van der Waals surface area contributed by atoms with Crippen LogP contribution in [0.15, 0.2) is 78.9 Å². The van der Waals surface area contributed by atoms with Crippen LogP contribution in [0, 0.1) is 16.7 Å². The van der Waals surface area contributed by atoms with Gasteiger partial charge in [-0.15, -0.1) is 0 Å². The second-order valence-corrected chi connectivity index (χ2v) is 11.9. The van der Waals surface area contributed by atoms with Gasteiger partial charge in [0.2, 0.25) is 5.91 Å². The molecule has 0 spiro atoms. The molecule has 1 aliphatic carbocycles. The van der Waals surface area contributed by atoms with Crippen LogP contribution in [0.5, 0.6) is 0 Å². The topological polar surface area (TPSA) is 197 Å². The van der Waals surface area contributed by atoms with E-state index in [1.54, 1.807) is 45.0 Å². The standard InChI is InChI=1S/C27H33N3O4.C11H15N3O2/c1-3-34-27(33)30-25(28)21-12-9-19(10-13-21)11-16-24(31)18(2)29-26(32)23-15-14-22(17-23)20-7-5-4-6-8-20;1-2-16-11(15)14-10(13)9-5-3-8(7-12)4-6-9/h4-10,12-13,18,22-23H,3,11,14-17H2,1-2H3,(H,29,32)(H2,28,30,33);3-6H,2,7,12H2,1H3,(H2,13,14,15)/t18-,22+,23+;/m0./s1. The van der Waals surface area contributed by atoms with Crippen LogP contribution in [-0.2, 0) is 32.0 Å². The van der Waals surface area contributed by atoms with Gasteiger partial charge >= 0.3 is 12.2 Å². The average Bonchev–Trinajstić information content (AvgIpc) is 3.62. The van der Waals surface area contributed by atoms with Crippen molar-refractivity contribution < 1.29 is 28.7 Å². The summed E-state index contributed by atoms with van der Waals surface area (Å²) in [7, 11) is 0. The van der Waals surface area contributed by atoms with Crippen LogP contribution in [-0.4, -0.2) is 54.8 Å². The van der Waals surface area contributed by atoms with Crippen LogP contribution >= 0.6 is 0 Å². The highest BCUT2D eigenvalue weighted by Crippen LogP contribution is 2.38. The van der Waals surface area contributed by atoms with Crippen LogP contribution in [0.3, 0.4) is 0 Å². The summed E-state index contributed by atoms with van der Waals surface area (Å²) in [6.45, 7) is 6.13. The maximum atomic E-state index is 12.7. The van der Waals surface area contributed by atoms with Crippen molar-refractivity contribution in [2.45, 2.75) is 71.4 Å². The molecule has 4 rings (SSSR count). The highest BCUT2D eigenvalue weighted by molar-refractivity contribution is 6.05. The molecule has 0 unspecified atom stereocenters. The first-order valence-electron chi connectivity index (χ1n) is 16.9. The number of Topliss-reactive ketones (excluding diaryl/α,β-unsaturated/α-hetero) is 1. The third kappa shape index (κ3) is 12.6. The summed E-state index contributed by atoms with van der Waals surface area (Å²) in [5.74, 6) is 0.287. The van der Waals surface area contributed by atoms with E-state index in [2.05, 4.69) is 32.8 Å². The number of aryl methyl sites for hydroxylation is 1. The molecule has 1 fully saturated rings. The number of nitrogens with two attached hydrogens (primary N) is 1. The summed E-state index contributed by atoms with van der Waals surface area (Å²) >= 11 is 0. The number of amidine groups is 2. The smallest absolute Gasteiger partial charge is 0.412 e. The highest BCUT2D eigenvalue weighted by atomic mass is 16.6. The zero-order chi connectivity index (χ0) is 36.5. The molecule has 50 heavy (non-hydrogen) atoms. The number of hydrogen-bond donors (Lipinski definition) is 6. The summed E-state index contributed by atoms with van der Waals surface area (Å²) in [6, 6.07) is 24.0. The van der Waals surface area contributed by atoms with Gasteiger partial charge in [-0.25, -0.2) is 9.59 Å². The minimum absolute atomic E-state index is 0.00764. The van der Waals surface area contributed by atoms with E-state index < -0.39 is 18.2 Å². The molecular formula is C38H48N6O6. The second-order valence-electron chi connectivity index (χ2n) is 11.9. The van der Waals surface area contributed by atoms with Crippen molar-refractivity contribution in [3.8, 4) is 0 Å². The molecule has 7 N–H and O–H groups in total.